The summed E-state index contributed by atoms with van der Waals surface area (Å²) in [5.41, 5.74) is 4.70. The molecule has 0 bridgehead atoms. The summed E-state index contributed by atoms with van der Waals surface area (Å²) in [6.07, 6.45) is 2.59. The van der Waals surface area contributed by atoms with Crippen molar-refractivity contribution in [2.75, 3.05) is 24.3 Å². The summed E-state index contributed by atoms with van der Waals surface area (Å²) in [7, 11) is 1.69. The summed E-state index contributed by atoms with van der Waals surface area (Å²) >= 11 is 0. The number of para-hydroxylation sites is 1. The van der Waals surface area contributed by atoms with E-state index in [2.05, 4.69) is 58.7 Å². The van der Waals surface area contributed by atoms with Gasteiger partial charge >= 0.3 is 0 Å². The van der Waals surface area contributed by atoms with E-state index in [1.807, 2.05) is 24.3 Å². The van der Waals surface area contributed by atoms with E-state index in [1.54, 1.807) is 13.3 Å². The minimum Gasteiger partial charge on any atom is -0.496 e. The summed E-state index contributed by atoms with van der Waals surface area (Å²) in [5.74, 6) is 2.28. The lowest BCUT2D eigenvalue weighted by Crippen LogP contribution is -2.09. The van der Waals surface area contributed by atoms with Crippen LogP contribution in [0.1, 0.15) is 16.7 Å². The first-order valence-corrected chi connectivity index (χ1v) is 8.69. The molecule has 134 valence electrons. The van der Waals surface area contributed by atoms with Crippen LogP contribution in [0, 0.1) is 13.8 Å². The number of nitrogens with zero attached hydrogens (tertiary/aromatic N) is 2. The lowest BCUT2D eigenvalue weighted by molar-refractivity contribution is 0.410. The van der Waals surface area contributed by atoms with E-state index in [-0.39, 0.29) is 0 Å². The van der Waals surface area contributed by atoms with Crippen molar-refractivity contribution in [1.82, 2.24) is 9.97 Å². The average molecular weight is 348 g/mol. The molecule has 5 heteroatoms. The predicted molar refractivity (Wildman–Crippen MR) is 106 cm³/mol. The Labute approximate surface area is 154 Å². The number of aryl methyl sites for hydroxylation is 2. The van der Waals surface area contributed by atoms with Crippen LogP contribution >= 0.6 is 0 Å². The zero-order chi connectivity index (χ0) is 18.4. The molecule has 2 aromatic carbocycles. The van der Waals surface area contributed by atoms with Crippen LogP contribution in [0.2, 0.25) is 0 Å². The second-order valence-corrected chi connectivity index (χ2v) is 6.18. The molecule has 0 spiro atoms. The first kappa shape index (κ1) is 17.7. The number of ether oxygens (including phenoxy) is 1. The van der Waals surface area contributed by atoms with Gasteiger partial charge in [0.15, 0.2) is 0 Å². The van der Waals surface area contributed by atoms with E-state index in [4.69, 9.17) is 4.74 Å². The number of nitrogens with one attached hydrogen (secondary N) is 2. The number of hydrogen-bond acceptors (Lipinski definition) is 5. The molecule has 5 nitrogen and oxygen atoms in total. The highest BCUT2D eigenvalue weighted by Crippen LogP contribution is 2.19. The lowest BCUT2D eigenvalue weighted by Gasteiger charge is -2.11. The van der Waals surface area contributed by atoms with Gasteiger partial charge in [-0.25, -0.2) is 4.98 Å². The van der Waals surface area contributed by atoms with Crippen LogP contribution in [0.3, 0.4) is 0 Å². The zero-order valence-electron chi connectivity index (χ0n) is 15.4. The van der Waals surface area contributed by atoms with Crippen molar-refractivity contribution >= 4 is 17.5 Å². The molecular formula is C21H24N4O. The van der Waals surface area contributed by atoms with Crippen molar-refractivity contribution in [2.24, 2.45) is 0 Å². The smallest absolute Gasteiger partial charge is 0.224 e. The average Bonchev–Trinajstić information content (AvgIpc) is 2.65. The molecule has 0 amide bonds. The number of aromatic nitrogens is 2. The van der Waals surface area contributed by atoms with Crippen LogP contribution in [0.5, 0.6) is 5.75 Å². The Balaban J connectivity index is 1.61. The van der Waals surface area contributed by atoms with Crippen molar-refractivity contribution < 1.29 is 4.74 Å². The first-order chi connectivity index (χ1) is 12.7. The molecule has 0 saturated carbocycles. The van der Waals surface area contributed by atoms with Gasteiger partial charge in [0.05, 0.1) is 7.11 Å². The highest BCUT2D eigenvalue weighted by Gasteiger charge is 2.04. The summed E-state index contributed by atoms with van der Waals surface area (Å²) in [6, 6.07) is 16.2. The van der Waals surface area contributed by atoms with Gasteiger partial charge in [-0.05, 0) is 61.2 Å². The molecule has 3 rings (SSSR count). The van der Waals surface area contributed by atoms with Crippen LogP contribution in [0.25, 0.3) is 0 Å². The number of benzene rings is 2. The van der Waals surface area contributed by atoms with Gasteiger partial charge in [0.1, 0.15) is 11.6 Å². The third-order valence-electron chi connectivity index (χ3n) is 4.30. The monoisotopic (exact) mass is 348 g/mol. The highest BCUT2D eigenvalue weighted by molar-refractivity contribution is 5.58. The quantitative estimate of drug-likeness (QED) is 0.658. The Morgan fingerprint density at radius 1 is 1.00 bits per heavy atom. The van der Waals surface area contributed by atoms with E-state index in [0.29, 0.717) is 5.95 Å². The van der Waals surface area contributed by atoms with Crippen molar-refractivity contribution in [3.63, 3.8) is 0 Å². The van der Waals surface area contributed by atoms with Gasteiger partial charge in [0.2, 0.25) is 5.95 Å². The zero-order valence-corrected chi connectivity index (χ0v) is 15.4. The van der Waals surface area contributed by atoms with Crippen LogP contribution in [-0.2, 0) is 6.42 Å². The molecule has 3 aromatic rings. The maximum absolute atomic E-state index is 5.38. The van der Waals surface area contributed by atoms with Gasteiger partial charge in [0.25, 0.3) is 0 Å². The fourth-order valence-electron chi connectivity index (χ4n) is 2.70. The molecule has 0 aliphatic rings. The number of rotatable bonds is 7. The third kappa shape index (κ3) is 4.51. The number of anilines is 3. The van der Waals surface area contributed by atoms with Crippen molar-refractivity contribution in [3.05, 3.63) is 71.4 Å². The predicted octanol–water partition coefficient (Wildman–Crippen LogP) is 4.50. The largest absolute Gasteiger partial charge is 0.496 e. The molecule has 0 fully saturated rings. The maximum Gasteiger partial charge on any atom is 0.224 e. The molecule has 1 aromatic heterocycles. The summed E-state index contributed by atoms with van der Waals surface area (Å²) in [5, 5.41) is 6.60. The molecule has 0 aliphatic carbocycles. The second kappa shape index (κ2) is 8.34. The van der Waals surface area contributed by atoms with Crippen molar-refractivity contribution in [1.29, 1.82) is 0 Å². The molecular weight excluding hydrogens is 324 g/mol. The Morgan fingerprint density at radius 3 is 2.65 bits per heavy atom. The van der Waals surface area contributed by atoms with Crippen molar-refractivity contribution in [3.8, 4) is 5.75 Å². The van der Waals surface area contributed by atoms with Gasteiger partial charge in [0, 0.05) is 18.4 Å². The van der Waals surface area contributed by atoms with Gasteiger partial charge in [-0.1, -0.05) is 24.3 Å². The first-order valence-electron chi connectivity index (χ1n) is 8.69. The van der Waals surface area contributed by atoms with E-state index >= 15 is 0 Å². The minimum atomic E-state index is 0.605. The SMILES string of the molecule is COc1ccccc1CCNc1nccc(Nc2ccc(C)c(C)c2)n1. The lowest BCUT2D eigenvalue weighted by atomic mass is 10.1. The Morgan fingerprint density at radius 2 is 1.85 bits per heavy atom. The van der Waals surface area contributed by atoms with E-state index in [9.17, 15) is 0 Å². The molecule has 1 heterocycles. The maximum atomic E-state index is 5.38. The Hall–Kier alpha value is -3.08. The fraction of sp³-hybridized carbons (Fsp3) is 0.238. The Bertz CT molecular complexity index is 879. The summed E-state index contributed by atoms with van der Waals surface area (Å²) < 4.78 is 5.38. The van der Waals surface area contributed by atoms with Gasteiger partial charge in [-0.3, -0.25) is 0 Å². The van der Waals surface area contributed by atoms with E-state index in [1.165, 1.54) is 11.1 Å². The van der Waals surface area contributed by atoms with Gasteiger partial charge in [-0.2, -0.15) is 4.98 Å². The molecule has 2 N–H and O–H groups in total. The van der Waals surface area contributed by atoms with Crippen LogP contribution in [-0.4, -0.2) is 23.6 Å². The highest BCUT2D eigenvalue weighted by atomic mass is 16.5. The van der Waals surface area contributed by atoms with Gasteiger partial charge in [-0.15, -0.1) is 0 Å². The topological polar surface area (TPSA) is 59.1 Å². The van der Waals surface area contributed by atoms with E-state index < -0.39 is 0 Å². The normalized spacial score (nSPS) is 10.4. The van der Waals surface area contributed by atoms with Crippen LogP contribution in [0.4, 0.5) is 17.5 Å². The second-order valence-electron chi connectivity index (χ2n) is 6.18. The van der Waals surface area contributed by atoms with Crippen molar-refractivity contribution in [2.45, 2.75) is 20.3 Å². The number of hydrogen-bond donors (Lipinski definition) is 2. The Kier molecular flexibility index (Phi) is 5.69. The van der Waals surface area contributed by atoms with Crippen LogP contribution in [0.15, 0.2) is 54.7 Å². The molecule has 0 saturated heterocycles. The van der Waals surface area contributed by atoms with Gasteiger partial charge < -0.3 is 15.4 Å². The fourth-order valence-corrected chi connectivity index (χ4v) is 2.70. The van der Waals surface area contributed by atoms with E-state index in [0.717, 1.165) is 35.8 Å². The molecule has 0 atom stereocenters. The summed E-state index contributed by atoms with van der Waals surface area (Å²) in [4.78, 5) is 8.82. The molecule has 0 unspecified atom stereocenters. The minimum absolute atomic E-state index is 0.605. The number of methoxy groups -OCH3 is 1. The standard InChI is InChI=1S/C21H24N4O/c1-15-8-9-18(14-16(15)2)24-20-11-13-23-21(25-20)22-12-10-17-6-4-5-7-19(17)26-3/h4-9,11,13-14H,10,12H2,1-3H3,(H2,22,23,24,25). The molecule has 0 radical (unpaired) electrons. The molecule has 26 heavy (non-hydrogen) atoms. The van der Waals surface area contributed by atoms with Crippen LogP contribution < -0.4 is 15.4 Å². The molecule has 0 aliphatic heterocycles. The summed E-state index contributed by atoms with van der Waals surface area (Å²) in [6.45, 7) is 4.94. The third-order valence-corrected chi connectivity index (χ3v) is 4.30.